The van der Waals surface area contributed by atoms with Crippen molar-refractivity contribution in [1.82, 2.24) is 15.6 Å². The number of ether oxygens (including phenoxy) is 1. The van der Waals surface area contributed by atoms with E-state index >= 15 is 0 Å². The summed E-state index contributed by atoms with van der Waals surface area (Å²) in [6.07, 6.45) is -0.122. The number of aromatic nitrogens is 1. The van der Waals surface area contributed by atoms with E-state index in [1.54, 1.807) is 25.2 Å². The van der Waals surface area contributed by atoms with Gasteiger partial charge in [-0.2, -0.15) is 0 Å². The Kier molecular flexibility index (Phi) is 7.36. The number of nitrogens with zero attached hydrogens (tertiary/aromatic N) is 1. The van der Waals surface area contributed by atoms with Gasteiger partial charge in [-0.25, -0.2) is 9.78 Å². The number of benzene rings is 1. The predicted octanol–water partition coefficient (Wildman–Crippen LogP) is 4.20. The molecule has 0 spiro atoms. The van der Waals surface area contributed by atoms with Crippen LogP contribution in [0.3, 0.4) is 0 Å². The van der Waals surface area contributed by atoms with Crippen molar-refractivity contribution in [3.63, 3.8) is 0 Å². The summed E-state index contributed by atoms with van der Waals surface area (Å²) in [5.74, 6) is -0.346. The maximum absolute atomic E-state index is 12.5. The van der Waals surface area contributed by atoms with E-state index in [0.717, 1.165) is 21.1 Å². The summed E-state index contributed by atoms with van der Waals surface area (Å²) >= 11 is 1.57. The Morgan fingerprint density at radius 2 is 1.78 bits per heavy atom. The minimum absolute atomic E-state index is 0.0721. The molecule has 0 saturated heterocycles. The van der Waals surface area contributed by atoms with Crippen LogP contribution < -0.4 is 10.6 Å². The number of aryl methyl sites for hydroxylation is 2. The average molecular weight is 390 g/mol. The molecule has 0 aliphatic carbocycles. The van der Waals surface area contributed by atoms with Crippen LogP contribution in [-0.2, 0) is 9.53 Å². The van der Waals surface area contributed by atoms with Crippen LogP contribution in [0.1, 0.15) is 60.4 Å². The third-order valence-electron chi connectivity index (χ3n) is 3.93. The van der Waals surface area contributed by atoms with Crippen LogP contribution in [-0.4, -0.2) is 23.1 Å². The number of carbonyl (C=O) groups excluding carboxylic acids is 2. The SMILES string of the molecule is Cc1nc(C)c([C@H](C)NC(=O)N[C@@H](CC(=O)OC(C)C)c2ccccc2)s1. The van der Waals surface area contributed by atoms with Gasteiger partial charge in [0.1, 0.15) is 0 Å². The third kappa shape index (κ3) is 6.36. The normalized spacial score (nSPS) is 13.1. The van der Waals surface area contributed by atoms with Gasteiger partial charge in [-0.15, -0.1) is 11.3 Å². The Hall–Kier alpha value is -2.41. The van der Waals surface area contributed by atoms with Crippen LogP contribution >= 0.6 is 11.3 Å². The summed E-state index contributed by atoms with van der Waals surface area (Å²) in [4.78, 5) is 30.1. The molecule has 0 bridgehead atoms. The van der Waals surface area contributed by atoms with Crippen molar-refractivity contribution in [1.29, 1.82) is 0 Å². The van der Waals surface area contributed by atoms with Crippen molar-refractivity contribution in [3.8, 4) is 0 Å². The first kappa shape index (κ1) is 20.9. The van der Waals surface area contributed by atoms with E-state index in [9.17, 15) is 9.59 Å². The van der Waals surface area contributed by atoms with Crippen molar-refractivity contribution in [2.45, 2.75) is 59.2 Å². The Morgan fingerprint density at radius 1 is 1.11 bits per heavy atom. The molecule has 0 radical (unpaired) electrons. The van der Waals surface area contributed by atoms with Crippen molar-refractivity contribution < 1.29 is 14.3 Å². The molecule has 2 rings (SSSR count). The Bertz CT molecular complexity index is 774. The van der Waals surface area contributed by atoms with Crippen LogP contribution in [0.25, 0.3) is 0 Å². The Morgan fingerprint density at radius 3 is 2.33 bits per heavy atom. The average Bonchev–Trinajstić information content (AvgIpc) is 2.92. The summed E-state index contributed by atoms with van der Waals surface area (Å²) in [6, 6.07) is 8.44. The molecule has 2 atom stereocenters. The number of hydrogen-bond acceptors (Lipinski definition) is 5. The van der Waals surface area contributed by atoms with E-state index in [0.29, 0.717) is 0 Å². The molecule has 6 nitrogen and oxygen atoms in total. The van der Waals surface area contributed by atoms with Gasteiger partial charge in [-0.05, 0) is 40.2 Å². The minimum atomic E-state index is -0.464. The van der Waals surface area contributed by atoms with Crippen molar-refractivity contribution in [2.24, 2.45) is 0 Å². The molecule has 2 amide bonds. The van der Waals surface area contributed by atoms with E-state index in [1.165, 1.54) is 0 Å². The molecule has 1 heterocycles. The second kappa shape index (κ2) is 9.50. The Labute approximate surface area is 164 Å². The number of carbonyl (C=O) groups is 2. The van der Waals surface area contributed by atoms with Crippen molar-refractivity contribution in [3.05, 3.63) is 51.5 Å². The predicted molar refractivity (Wildman–Crippen MR) is 107 cm³/mol. The zero-order valence-electron chi connectivity index (χ0n) is 16.4. The number of amides is 2. The van der Waals surface area contributed by atoms with Crippen LogP contribution in [0.15, 0.2) is 30.3 Å². The van der Waals surface area contributed by atoms with E-state index in [1.807, 2.05) is 51.1 Å². The van der Waals surface area contributed by atoms with E-state index in [2.05, 4.69) is 15.6 Å². The van der Waals surface area contributed by atoms with Crippen LogP contribution in [0, 0.1) is 13.8 Å². The third-order valence-corrected chi connectivity index (χ3v) is 5.18. The minimum Gasteiger partial charge on any atom is -0.463 e. The smallest absolute Gasteiger partial charge is 0.315 e. The Balaban J connectivity index is 2.06. The molecule has 0 aliphatic heterocycles. The number of nitrogens with one attached hydrogen (secondary N) is 2. The number of urea groups is 1. The highest BCUT2D eigenvalue weighted by molar-refractivity contribution is 7.11. The standard InChI is InChI=1S/C20H27N3O3S/c1-12(2)26-18(24)11-17(16-9-7-6-8-10-16)23-20(25)22-14(4)19-13(3)21-15(5)27-19/h6-10,12,14,17H,11H2,1-5H3,(H2,22,23,25)/t14-,17-/m0/s1. The second-order valence-corrected chi connectivity index (χ2v) is 7.96. The molecule has 0 fully saturated rings. The highest BCUT2D eigenvalue weighted by atomic mass is 32.1. The first-order valence-electron chi connectivity index (χ1n) is 9.01. The summed E-state index contributed by atoms with van der Waals surface area (Å²) in [7, 11) is 0. The lowest BCUT2D eigenvalue weighted by Crippen LogP contribution is -2.40. The lowest BCUT2D eigenvalue weighted by molar-refractivity contribution is -0.147. The highest BCUT2D eigenvalue weighted by Crippen LogP contribution is 2.24. The monoisotopic (exact) mass is 389 g/mol. The van der Waals surface area contributed by atoms with Gasteiger partial charge in [0.05, 0.1) is 35.3 Å². The van der Waals surface area contributed by atoms with Crippen LogP contribution in [0.5, 0.6) is 0 Å². The quantitative estimate of drug-likeness (QED) is 0.696. The second-order valence-electron chi connectivity index (χ2n) is 6.73. The summed E-state index contributed by atoms with van der Waals surface area (Å²) in [5.41, 5.74) is 1.77. The summed E-state index contributed by atoms with van der Waals surface area (Å²) in [6.45, 7) is 9.40. The number of esters is 1. The molecule has 7 heteroatoms. The van der Waals surface area contributed by atoms with Crippen molar-refractivity contribution in [2.75, 3.05) is 0 Å². The molecule has 1 aromatic carbocycles. The molecular weight excluding hydrogens is 362 g/mol. The fraction of sp³-hybridized carbons (Fsp3) is 0.450. The summed E-state index contributed by atoms with van der Waals surface area (Å²) < 4.78 is 5.24. The zero-order chi connectivity index (χ0) is 20.0. The number of rotatable bonds is 7. The van der Waals surface area contributed by atoms with Gasteiger partial charge in [0.25, 0.3) is 0 Å². The first-order valence-corrected chi connectivity index (χ1v) is 9.83. The van der Waals surface area contributed by atoms with Gasteiger partial charge >= 0.3 is 12.0 Å². The van der Waals surface area contributed by atoms with Gasteiger partial charge in [-0.3, -0.25) is 4.79 Å². The largest absolute Gasteiger partial charge is 0.463 e. The van der Waals surface area contributed by atoms with Gasteiger partial charge in [0, 0.05) is 4.88 Å². The van der Waals surface area contributed by atoms with Crippen LogP contribution in [0.2, 0.25) is 0 Å². The van der Waals surface area contributed by atoms with Crippen molar-refractivity contribution >= 4 is 23.3 Å². The fourth-order valence-corrected chi connectivity index (χ4v) is 3.76. The van der Waals surface area contributed by atoms with Crippen LogP contribution in [0.4, 0.5) is 4.79 Å². The van der Waals surface area contributed by atoms with E-state index in [-0.39, 0.29) is 30.6 Å². The molecule has 1 aromatic heterocycles. The molecule has 2 N–H and O–H groups in total. The van der Waals surface area contributed by atoms with Gasteiger partial charge in [0.2, 0.25) is 0 Å². The topological polar surface area (TPSA) is 80.3 Å². The maximum Gasteiger partial charge on any atom is 0.315 e. The summed E-state index contributed by atoms with van der Waals surface area (Å²) in [5, 5.41) is 6.80. The fourth-order valence-electron chi connectivity index (χ4n) is 2.83. The zero-order valence-corrected chi connectivity index (χ0v) is 17.2. The number of hydrogen-bond donors (Lipinski definition) is 2. The van der Waals surface area contributed by atoms with E-state index < -0.39 is 6.04 Å². The molecule has 2 aromatic rings. The van der Waals surface area contributed by atoms with Gasteiger partial charge in [0.15, 0.2) is 0 Å². The number of thiazole rings is 1. The molecule has 0 unspecified atom stereocenters. The molecule has 0 aliphatic rings. The van der Waals surface area contributed by atoms with Gasteiger partial charge < -0.3 is 15.4 Å². The molecule has 0 saturated carbocycles. The first-order chi connectivity index (χ1) is 12.8. The van der Waals surface area contributed by atoms with Gasteiger partial charge in [-0.1, -0.05) is 30.3 Å². The lowest BCUT2D eigenvalue weighted by atomic mass is 10.0. The molecule has 146 valence electrons. The maximum atomic E-state index is 12.5. The van der Waals surface area contributed by atoms with E-state index in [4.69, 9.17) is 4.74 Å². The lowest BCUT2D eigenvalue weighted by Gasteiger charge is -2.21. The molecular formula is C20H27N3O3S. The molecule has 27 heavy (non-hydrogen) atoms. The highest BCUT2D eigenvalue weighted by Gasteiger charge is 2.22.